The van der Waals surface area contributed by atoms with E-state index in [9.17, 15) is 14.4 Å². The number of carbonyl (C=O) groups is 3. The van der Waals surface area contributed by atoms with Crippen LogP contribution in [0.5, 0.6) is 0 Å². The Bertz CT molecular complexity index is 1080. The van der Waals surface area contributed by atoms with Gasteiger partial charge in [0, 0.05) is 28.6 Å². The first-order chi connectivity index (χ1) is 14.8. The van der Waals surface area contributed by atoms with E-state index in [-0.39, 0.29) is 18.2 Å². The number of thiocarbonyl (C=S) groups is 1. The molecule has 3 amide bonds. The van der Waals surface area contributed by atoms with Crippen LogP contribution < -0.4 is 10.9 Å². The Kier molecular flexibility index (Phi) is 8.09. The first-order valence-electron chi connectivity index (χ1n) is 9.20. The van der Waals surface area contributed by atoms with Crippen molar-refractivity contribution in [2.75, 3.05) is 6.54 Å². The third kappa shape index (κ3) is 6.30. The first kappa shape index (κ1) is 23.3. The number of thioether (sulfide) groups is 1. The van der Waals surface area contributed by atoms with E-state index in [1.165, 1.54) is 22.7 Å². The summed E-state index contributed by atoms with van der Waals surface area (Å²) in [5, 5.41) is 0.968. The third-order valence-corrected chi connectivity index (χ3v) is 6.21. The van der Waals surface area contributed by atoms with Crippen molar-refractivity contribution in [2.45, 2.75) is 12.8 Å². The molecule has 2 aromatic rings. The lowest BCUT2D eigenvalue weighted by Gasteiger charge is -2.14. The summed E-state index contributed by atoms with van der Waals surface area (Å²) in [6, 6.07) is 13.6. The number of rotatable bonds is 6. The molecule has 0 aliphatic carbocycles. The fraction of sp³-hybridized carbons (Fsp3) is 0.143. The van der Waals surface area contributed by atoms with Gasteiger partial charge in [-0.25, -0.2) is 0 Å². The molecule has 1 saturated heterocycles. The third-order valence-electron chi connectivity index (χ3n) is 4.25. The highest BCUT2D eigenvalue weighted by molar-refractivity contribution is 8.26. The van der Waals surface area contributed by atoms with Crippen LogP contribution in [0, 0.1) is 0 Å². The Morgan fingerprint density at radius 3 is 2.61 bits per heavy atom. The Morgan fingerprint density at radius 2 is 1.87 bits per heavy atom. The molecule has 0 radical (unpaired) electrons. The van der Waals surface area contributed by atoms with Gasteiger partial charge in [0.15, 0.2) is 0 Å². The summed E-state index contributed by atoms with van der Waals surface area (Å²) in [4.78, 5) is 38.6. The number of hydrogen-bond donors (Lipinski definition) is 2. The Morgan fingerprint density at radius 1 is 1.10 bits per heavy atom. The van der Waals surface area contributed by atoms with E-state index in [0.717, 1.165) is 5.56 Å². The molecule has 6 nitrogen and oxygen atoms in total. The number of halogens is 2. The Labute approximate surface area is 198 Å². The molecule has 0 spiro atoms. The molecule has 1 heterocycles. The molecule has 10 heteroatoms. The summed E-state index contributed by atoms with van der Waals surface area (Å²) < 4.78 is 0.429. The smallest absolute Gasteiger partial charge is 0.269 e. The van der Waals surface area contributed by atoms with E-state index in [2.05, 4.69) is 10.9 Å². The minimum absolute atomic E-state index is 0.108. The molecule has 3 rings (SSSR count). The summed E-state index contributed by atoms with van der Waals surface area (Å²) >= 11 is 18.5. The van der Waals surface area contributed by atoms with Crippen LogP contribution in [-0.2, 0) is 9.59 Å². The second kappa shape index (κ2) is 10.8. The highest BCUT2D eigenvalue weighted by Gasteiger charge is 2.31. The molecule has 0 aromatic heterocycles. The monoisotopic (exact) mass is 493 g/mol. The normalized spacial score (nSPS) is 14.8. The molecule has 0 bridgehead atoms. The van der Waals surface area contributed by atoms with Gasteiger partial charge in [0.2, 0.25) is 5.91 Å². The predicted molar refractivity (Wildman–Crippen MR) is 128 cm³/mol. The molecule has 0 atom stereocenters. The van der Waals surface area contributed by atoms with Crippen molar-refractivity contribution in [3.05, 3.63) is 74.6 Å². The zero-order valence-electron chi connectivity index (χ0n) is 16.1. The minimum atomic E-state index is -0.475. The van der Waals surface area contributed by atoms with Gasteiger partial charge < -0.3 is 0 Å². The van der Waals surface area contributed by atoms with Gasteiger partial charge in [0.1, 0.15) is 4.32 Å². The highest BCUT2D eigenvalue weighted by Crippen LogP contribution is 2.33. The molecule has 0 saturated carbocycles. The van der Waals surface area contributed by atoms with Crippen LogP contribution in [0.3, 0.4) is 0 Å². The molecular formula is C21H17Cl2N3O3S2. The summed E-state index contributed by atoms with van der Waals surface area (Å²) in [6.45, 7) is 0.292. The number of nitrogens with one attached hydrogen (secondary N) is 2. The van der Waals surface area contributed by atoms with Crippen LogP contribution in [-0.4, -0.2) is 33.5 Å². The highest BCUT2D eigenvalue weighted by atomic mass is 35.5. The predicted octanol–water partition coefficient (Wildman–Crippen LogP) is 4.44. The van der Waals surface area contributed by atoms with Crippen LogP contribution in [0.25, 0.3) is 6.08 Å². The first-order valence-corrected chi connectivity index (χ1v) is 11.2. The molecular weight excluding hydrogens is 477 g/mol. The average molecular weight is 494 g/mol. The van der Waals surface area contributed by atoms with Gasteiger partial charge in [-0.1, -0.05) is 71.4 Å². The van der Waals surface area contributed by atoms with Crippen molar-refractivity contribution in [1.82, 2.24) is 15.8 Å². The fourth-order valence-electron chi connectivity index (χ4n) is 2.71. The van der Waals surface area contributed by atoms with Crippen LogP contribution in [0.4, 0.5) is 0 Å². The topological polar surface area (TPSA) is 78.5 Å². The molecule has 0 unspecified atom stereocenters. The van der Waals surface area contributed by atoms with Crippen LogP contribution in [0.1, 0.15) is 28.8 Å². The minimum Gasteiger partial charge on any atom is -0.293 e. The van der Waals surface area contributed by atoms with Crippen molar-refractivity contribution >= 4 is 75.3 Å². The van der Waals surface area contributed by atoms with Crippen LogP contribution in [0.15, 0.2) is 53.4 Å². The summed E-state index contributed by atoms with van der Waals surface area (Å²) in [5.74, 6) is -1.07. The maximum absolute atomic E-state index is 12.6. The standard InChI is InChI=1S/C21H17Cl2N3O3S2/c22-15-7-3-6-14(11-15)19(28)25-24-18(27)9-4-10-26-20(29)17(31-21(26)30)12-13-5-1-2-8-16(13)23/h1-3,5-8,11-12H,4,9-10H2,(H,24,27)(H,25,28)/b17-12-. The SMILES string of the molecule is O=C(CCCN1C(=O)/C(=C/c2ccccc2Cl)SC1=S)NNC(=O)c1cccc(Cl)c1. The van der Waals surface area contributed by atoms with Gasteiger partial charge in [0.25, 0.3) is 11.8 Å². The largest absolute Gasteiger partial charge is 0.293 e. The molecule has 1 fully saturated rings. The van der Waals surface area contributed by atoms with Crippen molar-refractivity contribution in [1.29, 1.82) is 0 Å². The molecule has 1 aliphatic heterocycles. The van der Waals surface area contributed by atoms with E-state index in [4.69, 9.17) is 35.4 Å². The van der Waals surface area contributed by atoms with Gasteiger partial charge in [0.05, 0.1) is 4.91 Å². The van der Waals surface area contributed by atoms with E-state index < -0.39 is 5.91 Å². The summed E-state index contributed by atoms with van der Waals surface area (Å²) in [5.41, 5.74) is 5.74. The van der Waals surface area contributed by atoms with Crippen molar-refractivity contribution in [3.8, 4) is 0 Å². The number of carbonyl (C=O) groups excluding carboxylic acids is 3. The van der Waals surface area contributed by atoms with E-state index in [1.807, 2.05) is 18.2 Å². The number of hydrogen-bond acceptors (Lipinski definition) is 5. The van der Waals surface area contributed by atoms with Gasteiger partial charge in [-0.2, -0.15) is 0 Å². The lowest BCUT2D eigenvalue weighted by atomic mass is 10.2. The molecule has 31 heavy (non-hydrogen) atoms. The van der Waals surface area contributed by atoms with Crippen molar-refractivity contribution in [2.24, 2.45) is 0 Å². The van der Waals surface area contributed by atoms with Crippen LogP contribution in [0.2, 0.25) is 10.0 Å². The lowest BCUT2D eigenvalue weighted by molar-refractivity contribution is -0.124. The van der Waals surface area contributed by atoms with Crippen molar-refractivity contribution in [3.63, 3.8) is 0 Å². The average Bonchev–Trinajstić information content (AvgIpc) is 3.01. The Hall–Kier alpha value is -2.39. The number of amides is 3. The van der Waals surface area contributed by atoms with Gasteiger partial charge in [-0.05, 0) is 42.3 Å². The number of benzene rings is 2. The quantitative estimate of drug-likeness (QED) is 0.353. The number of nitrogens with zero attached hydrogens (tertiary/aromatic N) is 1. The zero-order valence-corrected chi connectivity index (χ0v) is 19.2. The lowest BCUT2D eigenvalue weighted by Crippen LogP contribution is -2.41. The summed E-state index contributed by atoms with van der Waals surface area (Å²) in [7, 11) is 0. The van der Waals surface area contributed by atoms with Crippen molar-refractivity contribution < 1.29 is 14.4 Å². The summed E-state index contributed by atoms with van der Waals surface area (Å²) in [6.07, 6.45) is 2.20. The second-order valence-electron chi connectivity index (χ2n) is 6.47. The molecule has 2 aromatic carbocycles. The number of hydrazine groups is 1. The van der Waals surface area contributed by atoms with Crippen LogP contribution >= 0.6 is 47.2 Å². The zero-order chi connectivity index (χ0) is 22.4. The van der Waals surface area contributed by atoms with E-state index >= 15 is 0 Å². The van der Waals surface area contributed by atoms with Gasteiger partial charge in [-0.15, -0.1) is 0 Å². The van der Waals surface area contributed by atoms with E-state index in [0.29, 0.717) is 37.8 Å². The van der Waals surface area contributed by atoms with Gasteiger partial charge in [-0.3, -0.25) is 30.1 Å². The second-order valence-corrected chi connectivity index (χ2v) is 8.99. The molecule has 160 valence electrons. The fourth-order valence-corrected chi connectivity index (χ4v) is 4.39. The maximum Gasteiger partial charge on any atom is 0.269 e. The molecule has 2 N–H and O–H groups in total. The molecule has 1 aliphatic rings. The Balaban J connectivity index is 1.47. The maximum atomic E-state index is 12.6. The van der Waals surface area contributed by atoms with Gasteiger partial charge >= 0.3 is 0 Å². The van der Waals surface area contributed by atoms with E-state index in [1.54, 1.807) is 30.3 Å².